The third kappa shape index (κ3) is 2.99. The van der Waals surface area contributed by atoms with Crippen LogP contribution in [0.1, 0.15) is 16.8 Å². The lowest BCUT2D eigenvalue weighted by molar-refractivity contribution is 0.243. The normalized spacial score (nSPS) is 15.3. The van der Waals surface area contributed by atoms with Gasteiger partial charge in [-0.15, -0.1) is 0 Å². The fourth-order valence-electron chi connectivity index (χ4n) is 2.45. The van der Waals surface area contributed by atoms with Crippen LogP contribution < -0.4 is 0 Å². The van der Waals surface area contributed by atoms with Gasteiger partial charge in [0.15, 0.2) is 0 Å². The predicted molar refractivity (Wildman–Crippen MR) is 81.2 cm³/mol. The molecule has 3 rings (SSSR count). The van der Waals surface area contributed by atoms with Crippen molar-refractivity contribution in [2.24, 2.45) is 0 Å². The van der Waals surface area contributed by atoms with Crippen molar-refractivity contribution >= 4 is 27.5 Å². The Balaban J connectivity index is 1.77. The lowest BCUT2D eigenvalue weighted by Crippen LogP contribution is -2.30. The summed E-state index contributed by atoms with van der Waals surface area (Å²) >= 11 is 9.49. The van der Waals surface area contributed by atoms with Crippen LogP contribution in [0.3, 0.4) is 0 Å². The van der Waals surface area contributed by atoms with Crippen LogP contribution in [0, 0.1) is 0 Å². The molecule has 4 heteroatoms. The van der Waals surface area contributed by atoms with Gasteiger partial charge in [0.25, 0.3) is 0 Å². The Hall–Kier alpha value is -0.900. The number of halogens is 2. The van der Waals surface area contributed by atoms with Gasteiger partial charge in [0.05, 0.1) is 4.47 Å². The summed E-state index contributed by atoms with van der Waals surface area (Å²) in [6.07, 6.45) is 0.967. The van der Waals surface area contributed by atoms with Gasteiger partial charge in [-0.25, -0.2) is 4.98 Å². The van der Waals surface area contributed by atoms with Gasteiger partial charge in [-0.05, 0) is 33.1 Å². The zero-order valence-corrected chi connectivity index (χ0v) is 12.8. The van der Waals surface area contributed by atoms with Gasteiger partial charge in [0.1, 0.15) is 5.15 Å². The van der Waals surface area contributed by atoms with E-state index in [1.165, 1.54) is 11.1 Å². The highest BCUT2D eigenvalue weighted by atomic mass is 79.9. The van der Waals surface area contributed by atoms with E-state index >= 15 is 0 Å². The number of nitrogens with zero attached hydrogens (tertiary/aromatic N) is 2. The molecule has 2 aromatic rings. The summed E-state index contributed by atoms with van der Waals surface area (Å²) in [4.78, 5) is 6.89. The molecule has 0 radical (unpaired) electrons. The molecule has 0 bridgehead atoms. The Morgan fingerprint density at radius 3 is 2.84 bits per heavy atom. The van der Waals surface area contributed by atoms with E-state index in [4.69, 9.17) is 11.6 Å². The number of aromatic nitrogens is 1. The van der Waals surface area contributed by atoms with Crippen LogP contribution in [-0.2, 0) is 19.5 Å². The molecular weight excluding hydrogens is 324 g/mol. The van der Waals surface area contributed by atoms with Crippen LogP contribution in [0.15, 0.2) is 40.9 Å². The van der Waals surface area contributed by atoms with Crippen molar-refractivity contribution in [1.29, 1.82) is 0 Å². The largest absolute Gasteiger partial charge is 0.294 e. The second-order valence-electron chi connectivity index (χ2n) is 4.81. The van der Waals surface area contributed by atoms with Gasteiger partial charge >= 0.3 is 0 Å². The van der Waals surface area contributed by atoms with Crippen molar-refractivity contribution in [1.82, 2.24) is 9.88 Å². The molecule has 1 aliphatic rings. The first-order valence-corrected chi connectivity index (χ1v) is 7.49. The number of rotatable bonds is 2. The minimum atomic E-state index is 0.565. The zero-order valence-electron chi connectivity index (χ0n) is 10.4. The minimum Gasteiger partial charge on any atom is -0.294 e. The van der Waals surface area contributed by atoms with Gasteiger partial charge in [-0.2, -0.15) is 0 Å². The van der Waals surface area contributed by atoms with Crippen molar-refractivity contribution in [3.63, 3.8) is 0 Å². The average Bonchev–Trinajstić information content (AvgIpc) is 2.42. The summed E-state index contributed by atoms with van der Waals surface area (Å²) < 4.78 is 0.884. The summed E-state index contributed by atoms with van der Waals surface area (Å²) in [7, 11) is 0. The van der Waals surface area contributed by atoms with Crippen LogP contribution in [-0.4, -0.2) is 16.4 Å². The van der Waals surface area contributed by atoms with E-state index in [0.29, 0.717) is 5.15 Å². The van der Waals surface area contributed by atoms with E-state index in [2.05, 4.69) is 62.2 Å². The van der Waals surface area contributed by atoms with Crippen LogP contribution >= 0.6 is 27.5 Å². The Morgan fingerprint density at radius 2 is 2.05 bits per heavy atom. The Bertz CT molecular complexity index is 586. The summed E-state index contributed by atoms with van der Waals surface area (Å²) in [6, 6.07) is 12.7. The highest BCUT2D eigenvalue weighted by Gasteiger charge is 2.18. The zero-order chi connectivity index (χ0) is 13.2. The predicted octanol–water partition coefficient (Wildman–Crippen LogP) is 4.06. The molecular formula is C15H14BrClN2. The van der Waals surface area contributed by atoms with Crippen LogP contribution in [0.5, 0.6) is 0 Å². The maximum absolute atomic E-state index is 6.04. The van der Waals surface area contributed by atoms with Gasteiger partial charge in [0, 0.05) is 31.7 Å². The fraction of sp³-hybridized carbons (Fsp3) is 0.267. The molecule has 1 aromatic heterocycles. The third-order valence-corrected chi connectivity index (χ3v) is 4.53. The molecule has 0 amide bonds. The molecule has 0 aliphatic carbocycles. The SMILES string of the molecule is Clc1nc2c(cc1Br)CN(Cc1ccccc1)CC2. The standard InChI is InChI=1S/C15H14BrClN2/c16-13-8-12-10-19(7-6-14(12)18-15(13)17)9-11-4-2-1-3-5-11/h1-5,8H,6-7,9-10H2. The number of pyridine rings is 1. The molecule has 1 aliphatic heterocycles. The number of benzene rings is 1. The number of fused-ring (bicyclic) bond motifs is 1. The molecule has 0 saturated carbocycles. The lowest BCUT2D eigenvalue weighted by Gasteiger charge is -2.28. The Labute approximate surface area is 126 Å². The molecule has 0 unspecified atom stereocenters. The highest BCUT2D eigenvalue weighted by molar-refractivity contribution is 9.10. The van der Waals surface area contributed by atoms with E-state index in [1.54, 1.807) is 0 Å². The average molecular weight is 338 g/mol. The first-order chi connectivity index (χ1) is 9.22. The first-order valence-electron chi connectivity index (χ1n) is 6.32. The van der Waals surface area contributed by atoms with Crippen molar-refractivity contribution in [3.8, 4) is 0 Å². The summed E-state index contributed by atoms with van der Waals surface area (Å²) in [5, 5.41) is 0.565. The fourth-order valence-corrected chi connectivity index (χ4v) is 2.97. The maximum Gasteiger partial charge on any atom is 0.143 e. The molecule has 1 aromatic carbocycles. The van der Waals surface area contributed by atoms with E-state index in [9.17, 15) is 0 Å². The molecule has 0 N–H and O–H groups in total. The highest BCUT2D eigenvalue weighted by Crippen LogP contribution is 2.27. The van der Waals surface area contributed by atoms with Gasteiger partial charge in [-0.3, -0.25) is 4.90 Å². The molecule has 2 nitrogen and oxygen atoms in total. The van der Waals surface area contributed by atoms with E-state index in [1.807, 2.05) is 0 Å². The molecule has 98 valence electrons. The van der Waals surface area contributed by atoms with Crippen LogP contribution in [0.2, 0.25) is 5.15 Å². The number of hydrogen-bond acceptors (Lipinski definition) is 2. The maximum atomic E-state index is 6.04. The summed E-state index contributed by atoms with van der Waals surface area (Å²) in [6.45, 7) is 2.96. The third-order valence-electron chi connectivity index (χ3n) is 3.41. The van der Waals surface area contributed by atoms with E-state index < -0.39 is 0 Å². The van der Waals surface area contributed by atoms with Crippen molar-refractivity contribution in [2.45, 2.75) is 19.5 Å². The number of hydrogen-bond donors (Lipinski definition) is 0. The molecule has 0 saturated heterocycles. The smallest absolute Gasteiger partial charge is 0.143 e. The van der Waals surface area contributed by atoms with Gasteiger partial charge in [0.2, 0.25) is 0 Å². The Kier molecular flexibility index (Phi) is 3.87. The second kappa shape index (κ2) is 5.61. The quantitative estimate of drug-likeness (QED) is 0.768. The molecule has 2 heterocycles. The molecule has 19 heavy (non-hydrogen) atoms. The summed E-state index contributed by atoms with van der Waals surface area (Å²) in [5.74, 6) is 0. The van der Waals surface area contributed by atoms with E-state index in [-0.39, 0.29) is 0 Å². The second-order valence-corrected chi connectivity index (χ2v) is 6.03. The van der Waals surface area contributed by atoms with Crippen LogP contribution in [0.4, 0.5) is 0 Å². The Morgan fingerprint density at radius 1 is 1.26 bits per heavy atom. The molecule has 0 fully saturated rings. The molecule has 0 spiro atoms. The van der Waals surface area contributed by atoms with Crippen molar-refractivity contribution in [3.05, 3.63) is 62.8 Å². The topological polar surface area (TPSA) is 16.1 Å². The van der Waals surface area contributed by atoms with E-state index in [0.717, 1.165) is 36.2 Å². The van der Waals surface area contributed by atoms with Crippen LogP contribution in [0.25, 0.3) is 0 Å². The first kappa shape index (κ1) is 13.1. The van der Waals surface area contributed by atoms with Crippen molar-refractivity contribution < 1.29 is 0 Å². The summed E-state index contributed by atoms with van der Waals surface area (Å²) in [5.41, 5.74) is 3.77. The lowest BCUT2D eigenvalue weighted by atomic mass is 10.1. The molecule has 0 atom stereocenters. The monoisotopic (exact) mass is 336 g/mol. The van der Waals surface area contributed by atoms with Gasteiger partial charge in [-0.1, -0.05) is 41.9 Å². The van der Waals surface area contributed by atoms with Crippen molar-refractivity contribution in [2.75, 3.05) is 6.54 Å². The minimum absolute atomic E-state index is 0.565. The van der Waals surface area contributed by atoms with Gasteiger partial charge < -0.3 is 0 Å².